The first kappa shape index (κ1) is 11.9. The molecule has 1 aliphatic rings. The Labute approximate surface area is 98.6 Å². The number of carboxylic acids is 1. The van der Waals surface area contributed by atoms with Crippen molar-refractivity contribution in [3.8, 4) is 5.75 Å². The first-order valence-corrected chi connectivity index (χ1v) is 6.65. The highest BCUT2D eigenvalue weighted by atomic mass is 32.2. The van der Waals surface area contributed by atoms with Gasteiger partial charge in [-0.3, -0.25) is 4.79 Å². The van der Waals surface area contributed by atoms with Crippen molar-refractivity contribution in [1.82, 2.24) is 0 Å². The third kappa shape index (κ3) is 1.59. The van der Waals surface area contributed by atoms with Crippen LogP contribution < -0.4 is 0 Å². The molecule has 1 saturated carbocycles. The molecule has 0 aromatic heterocycles. The molecule has 1 aliphatic carbocycles. The highest BCUT2D eigenvalue weighted by Crippen LogP contribution is 2.43. The molecule has 1 aromatic carbocycles. The Balaban J connectivity index is 2.49. The number of carboxylic acid groups (broad SMARTS) is 1. The molecule has 0 aliphatic heterocycles. The van der Waals surface area contributed by atoms with E-state index in [4.69, 9.17) is 10.2 Å². The molecule has 5 nitrogen and oxygen atoms in total. The molecule has 0 amide bonds. The molecule has 6 heteroatoms. The minimum absolute atomic E-state index is 0.0538. The van der Waals surface area contributed by atoms with E-state index in [1.54, 1.807) is 0 Å². The number of aliphatic carboxylic acids is 1. The fourth-order valence-corrected chi connectivity index (χ4v) is 3.95. The second-order valence-corrected chi connectivity index (χ2v) is 6.41. The van der Waals surface area contributed by atoms with Gasteiger partial charge in [0.1, 0.15) is 5.75 Å². The topological polar surface area (TPSA) is 91.7 Å². The van der Waals surface area contributed by atoms with E-state index in [1.807, 2.05) is 0 Å². The quantitative estimate of drug-likeness (QED) is 0.847. The minimum atomic E-state index is -3.89. The number of rotatable bonds is 3. The molecule has 0 atom stereocenters. The smallest absolute Gasteiger partial charge is 0.325 e. The summed E-state index contributed by atoms with van der Waals surface area (Å²) in [6.07, 6.45) is 0.890. The van der Waals surface area contributed by atoms with Crippen molar-refractivity contribution in [3.05, 3.63) is 24.3 Å². The van der Waals surface area contributed by atoms with Gasteiger partial charge in [-0.05, 0) is 43.5 Å². The normalized spacial score (nSPS) is 18.4. The Hall–Kier alpha value is -1.56. The van der Waals surface area contributed by atoms with E-state index in [0.29, 0.717) is 6.42 Å². The van der Waals surface area contributed by atoms with Crippen LogP contribution in [0.1, 0.15) is 19.3 Å². The Morgan fingerprint density at radius 1 is 1.18 bits per heavy atom. The summed E-state index contributed by atoms with van der Waals surface area (Å²) in [4.78, 5) is 11.1. The molecule has 2 rings (SSSR count). The van der Waals surface area contributed by atoms with E-state index in [2.05, 4.69) is 0 Å². The van der Waals surface area contributed by atoms with Crippen molar-refractivity contribution in [2.24, 2.45) is 0 Å². The van der Waals surface area contributed by atoms with Crippen molar-refractivity contribution >= 4 is 15.8 Å². The standard InChI is InChI=1S/C11H12O5S/c12-8-2-4-9(5-3-8)17(15,16)11(10(13)14)6-1-7-11/h2-5,12H,1,6-7H2,(H,13,14). The van der Waals surface area contributed by atoms with Gasteiger partial charge < -0.3 is 10.2 Å². The zero-order valence-corrected chi connectivity index (χ0v) is 9.77. The van der Waals surface area contributed by atoms with E-state index >= 15 is 0 Å². The Morgan fingerprint density at radius 2 is 1.71 bits per heavy atom. The van der Waals surface area contributed by atoms with Gasteiger partial charge in [0.05, 0.1) is 4.90 Å². The second kappa shape index (κ2) is 3.73. The first-order valence-electron chi connectivity index (χ1n) is 5.17. The molecule has 0 bridgehead atoms. The molecule has 0 radical (unpaired) electrons. The van der Waals surface area contributed by atoms with Crippen molar-refractivity contribution in [3.63, 3.8) is 0 Å². The molecule has 0 spiro atoms. The van der Waals surface area contributed by atoms with Crippen LogP contribution >= 0.6 is 0 Å². The van der Waals surface area contributed by atoms with Gasteiger partial charge in [0.15, 0.2) is 14.6 Å². The highest BCUT2D eigenvalue weighted by Gasteiger charge is 2.56. The maximum atomic E-state index is 12.2. The van der Waals surface area contributed by atoms with Crippen LogP contribution in [-0.2, 0) is 14.6 Å². The van der Waals surface area contributed by atoms with Gasteiger partial charge in [0.25, 0.3) is 0 Å². The van der Waals surface area contributed by atoms with Crippen LogP contribution in [0.3, 0.4) is 0 Å². The average molecular weight is 256 g/mol. The SMILES string of the molecule is O=C(O)C1(S(=O)(=O)c2ccc(O)cc2)CCC1. The molecular weight excluding hydrogens is 244 g/mol. The van der Waals surface area contributed by atoms with Crippen LogP contribution in [0.15, 0.2) is 29.2 Å². The molecule has 2 N–H and O–H groups in total. The second-order valence-electron chi connectivity index (χ2n) is 4.15. The Kier molecular flexibility index (Phi) is 2.61. The fourth-order valence-electron chi connectivity index (χ4n) is 1.95. The van der Waals surface area contributed by atoms with Gasteiger partial charge >= 0.3 is 5.97 Å². The number of aromatic hydroxyl groups is 1. The van der Waals surface area contributed by atoms with Crippen LogP contribution in [-0.4, -0.2) is 29.3 Å². The lowest BCUT2D eigenvalue weighted by atomic mass is 9.84. The lowest BCUT2D eigenvalue weighted by Gasteiger charge is -2.36. The summed E-state index contributed by atoms with van der Waals surface area (Å²) < 4.78 is 22.8. The van der Waals surface area contributed by atoms with Gasteiger partial charge in [-0.15, -0.1) is 0 Å². The summed E-state index contributed by atoms with van der Waals surface area (Å²) in [6, 6.07) is 4.93. The zero-order valence-electron chi connectivity index (χ0n) is 8.96. The van der Waals surface area contributed by atoms with Crippen LogP contribution in [0.4, 0.5) is 0 Å². The lowest BCUT2D eigenvalue weighted by molar-refractivity contribution is -0.142. The number of hydrogen-bond acceptors (Lipinski definition) is 4. The van der Waals surface area contributed by atoms with Crippen molar-refractivity contribution in [2.75, 3.05) is 0 Å². The third-order valence-corrected chi connectivity index (χ3v) is 5.72. The molecular formula is C11H12O5S. The maximum Gasteiger partial charge on any atom is 0.325 e. The van der Waals surface area contributed by atoms with Gasteiger partial charge in [-0.25, -0.2) is 8.42 Å². The number of hydrogen-bond donors (Lipinski definition) is 2. The van der Waals surface area contributed by atoms with E-state index in [0.717, 1.165) is 0 Å². The van der Waals surface area contributed by atoms with Gasteiger partial charge in [-0.2, -0.15) is 0 Å². The predicted molar refractivity (Wildman–Crippen MR) is 59.5 cm³/mol. The van der Waals surface area contributed by atoms with E-state index in [1.165, 1.54) is 24.3 Å². The van der Waals surface area contributed by atoms with Gasteiger partial charge in [0, 0.05) is 0 Å². The monoisotopic (exact) mass is 256 g/mol. The predicted octanol–water partition coefficient (Wildman–Crippen LogP) is 1.17. The number of phenolic OH excluding ortho intramolecular Hbond substituents is 1. The van der Waals surface area contributed by atoms with Gasteiger partial charge in [0.2, 0.25) is 0 Å². The summed E-state index contributed by atoms with van der Waals surface area (Å²) in [5, 5.41) is 18.2. The first-order chi connectivity index (χ1) is 7.90. The molecule has 0 unspecified atom stereocenters. The van der Waals surface area contributed by atoms with E-state index < -0.39 is 20.6 Å². The molecule has 17 heavy (non-hydrogen) atoms. The van der Waals surface area contributed by atoms with Crippen LogP contribution in [0, 0.1) is 0 Å². The largest absolute Gasteiger partial charge is 0.508 e. The molecule has 0 heterocycles. The summed E-state index contributed by atoms with van der Waals surface area (Å²) >= 11 is 0. The zero-order chi connectivity index (χ0) is 12.7. The minimum Gasteiger partial charge on any atom is -0.508 e. The maximum absolute atomic E-state index is 12.2. The lowest BCUT2D eigenvalue weighted by Crippen LogP contribution is -2.51. The molecule has 1 aromatic rings. The Bertz CT molecular complexity index is 540. The Morgan fingerprint density at radius 3 is 2.06 bits per heavy atom. The van der Waals surface area contributed by atoms with E-state index in [9.17, 15) is 13.2 Å². The number of carbonyl (C=O) groups is 1. The van der Waals surface area contributed by atoms with Crippen LogP contribution in [0.25, 0.3) is 0 Å². The van der Waals surface area contributed by atoms with E-state index in [-0.39, 0.29) is 23.5 Å². The summed E-state index contributed by atoms with van der Waals surface area (Å²) in [5.41, 5.74) is 0. The summed E-state index contributed by atoms with van der Waals surface area (Å²) in [5.74, 6) is -1.35. The fraction of sp³-hybridized carbons (Fsp3) is 0.364. The molecule has 1 fully saturated rings. The summed E-state index contributed by atoms with van der Waals surface area (Å²) in [6.45, 7) is 0. The van der Waals surface area contributed by atoms with Crippen molar-refractivity contribution in [2.45, 2.75) is 28.9 Å². The molecule has 92 valence electrons. The summed E-state index contributed by atoms with van der Waals surface area (Å²) in [7, 11) is -3.89. The number of sulfone groups is 1. The molecule has 0 saturated heterocycles. The third-order valence-electron chi connectivity index (χ3n) is 3.21. The van der Waals surface area contributed by atoms with Crippen molar-refractivity contribution in [1.29, 1.82) is 0 Å². The van der Waals surface area contributed by atoms with Crippen molar-refractivity contribution < 1.29 is 23.4 Å². The number of benzene rings is 1. The highest BCUT2D eigenvalue weighted by molar-refractivity contribution is 7.93. The average Bonchev–Trinajstić information content (AvgIpc) is 2.14. The van der Waals surface area contributed by atoms with Crippen LogP contribution in [0.2, 0.25) is 0 Å². The van der Waals surface area contributed by atoms with Crippen LogP contribution in [0.5, 0.6) is 5.75 Å². The van der Waals surface area contributed by atoms with Gasteiger partial charge in [-0.1, -0.05) is 0 Å². The number of phenols is 1.